The highest BCUT2D eigenvalue weighted by molar-refractivity contribution is 8.02. The van der Waals surface area contributed by atoms with Crippen molar-refractivity contribution < 1.29 is 14.4 Å². The summed E-state index contributed by atoms with van der Waals surface area (Å²) in [6.45, 7) is 0. The van der Waals surface area contributed by atoms with Crippen molar-refractivity contribution in [2.75, 3.05) is 0 Å². The van der Waals surface area contributed by atoms with Gasteiger partial charge in [-0.05, 0) is 23.9 Å². The van der Waals surface area contributed by atoms with E-state index in [-0.39, 0.29) is 11.3 Å². The fourth-order valence-electron chi connectivity index (χ4n) is 0.793. The number of carbonyl (C=O) groups excluding carboxylic acids is 1. The van der Waals surface area contributed by atoms with Gasteiger partial charge in [0.05, 0.1) is 0 Å². The maximum absolute atomic E-state index is 11.2. The molecule has 0 saturated carbocycles. The van der Waals surface area contributed by atoms with Gasteiger partial charge in [0, 0.05) is 0 Å². The van der Waals surface area contributed by atoms with E-state index in [0.29, 0.717) is 0 Å². The molecule has 0 radical (unpaired) electrons. The van der Waals surface area contributed by atoms with Crippen molar-refractivity contribution in [2.45, 2.75) is 0 Å². The van der Waals surface area contributed by atoms with Crippen molar-refractivity contribution in [3.63, 3.8) is 0 Å². The average molecular weight is 217 g/mol. The van der Waals surface area contributed by atoms with Crippen LogP contribution in [0, 0.1) is 0 Å². The molecule has 0 amide bonds. The molecule has 0 aliphatic rings. The lowest BCUT2D eigenvalue weighted by Crippen LogP contribution is -2.01. The lowest BCUT2D eigenvalue weighted by molar-refractivity contribution is 0.0756. The quantitative estimate of drug-likeness (QED) is 0.723. The van der Waals surface area contributed by atoms with Gasteiger partial charge in [-0.2, -0.15) is 0 Å². The van der Waals surface area contributed by atoms with E-state index in [9.17, 15) is 9.90 Å². The zero-order chi connectivity index (χ0) is 9.84. The van der Waals surface area contributed by atoms with Gasteiger partial charge in [-0.25, -0.2) is 4.79 Å². The SMILES string of the molecule is N[PH](=S)OC(=O)c1ccccc1O. The number of nitrogens with two attached hydrogens (primary N) is 1. The van der Waals surface area contributed by atoms with Crippen LogP contribution < -0.4 is 5.50 Å². The first-order valence-corrected chi connectivity index (χ1v) is 6.02. The van der Waals surface area contributed by atoms with Crippen molar-refractivity contribution >= 4 is 24.9 Å². The van der Waals surface area contributed by atoms with Crippen molar-refractivity contribution in [2.24, 2.45) is 5.50 Å². The molecule has 70 valence electrons. The molecule has 13 heavy (non-hydrogen) atoms. The van der Waals surface area contributed by atoms with Gasteiger partial charge in [0.15, 0.2) is 7.07 Å². The van der Waals surface area contributed by atoms with E-state index in [2.05, 4.69) is 16.3 Å². The van der Waals surface area contributed by atoms with Gasteiger partial charge >= 0.3 is 5.97 Å². The molecule has 3 N–H and O–H groups in total. The minimum Gasteiger partial charge on any atom is -0.507 e. The van der Waals surface area contributed by atoms with E-state index in [1.54, 1.807) is 12.1 Å². The van der Waals surface area contributed by atoms with Crippen LogP contribution >= 0.6 is 7.07 Å². The summed E-state index contributed by atoms with van der Waals surface area (Å²) in [7, 11) is -1.97. The van der Waals surface area contributed by atoms with Crippen LogP contribution in [0.3, 0.4) is 0 Å². The molecule has 0 saturated heterocycles. The second-order valence-electron chi connectivity index (χ2n) is 2.23. The molecule has 0 bridgehead atoms. The van der Waals surface area contributed by atoms with Crippen LogP contribution in [0.25, 0.3) is 0 Å². The third-order valence-electron chi connectivity index (χ3n) is 1.32. The Kier molecular flexibility index (Phi) is 3.42. The number of carbonyl (C=O) groups is 1. The van der Waals surface area contributed by atoms with Gasteiger partial charge in [-0.3, -0.25) is 5.50 Å². The molecule has 0 spiro atoms. The topological polar surface area (TPSA) is 72.5 Å². The largest absolute Gasteiger partial charge is 0.507 e. The predicted molar refractivity (Wildman–Crippen MR) is 53.4 cm³/mol. The Hall–Kier alpha value is -0.900. The van der Waals surface area contributed by atoms with Gasteiger partial charge in [0.2, 0.25) is 0 Å². The van der Waals surface area contributed by atoms with Gasteiger partial charge in [-0.15, -0.1) is 0 Å². The van der Waals surface area contributed by atoms with Gasteiger partial charge in [0.25, 0.3) is 0 Å². The molecule has 4 nitrogen and oxygen atoms in total. The molecule has 1 unspecified atom stereocenters. The van der Waals surface area contributed by atoms with Crippen molar-refractivity contribution in [1.29, 1.82) is 0 Å². The summed E-state index contributed by atoms with van der Waals surface area (Å²) in [4.78, 5) is 11.2. The van der Waals surface area contributed by atoms with Crippen molar-refractivity contribution in [3.8, 4) is 5.75 Å². The third kappa shape index (κ3) is 2.81. The van der Waals surface area contributed by atoms with Crippen LogP contribution in [0.4, 0.5) is 0 Å². The van der Waals surface area contributed by atoms with Crippen LogP contribution in [-0.4, -0.2) is 11.1 Å². The normalized spacial score (nSPS) is 12.1. The van der Waals surface area contributed by atoms with Crippen LogP contribution in [0.5, 0.6) is 5.75 Å². The lowest BCUT2D eigenvalue weighted by atomic mass is 10.2. The van der Waals surface area contributed by atoms with Crippen LogP contribution in [-0.2, 0) is 16.3 Å². The first kappa shape index (κ1) is 10.2. The Balaban J connectivity index is 2.89. The number of phenolic OH excluding ortho intramolecular Hbond substituents is 1. The molecule has 0 aliphatic heterocycles. The van der Waals surface area contributed by atoms with E-state index in [4.69, 9.17) is 5.50 Å². The molecule has 1 aromatic rings. The maximum atomic E-state index is 11.2. The number of benzene rings is 1. The van der Waals surface area contributed by atoms with Gasteiger partial charge in [-0.1, -0.05) is 12.1 Å². The van der Waals surface area contributed by atoms with Crippen molar-refractivity contribution in [3.05, 3.63) is 29.8 Å². The highest BCUT2D eigenvalue weighted by Crippen LogP contribution is 2.21. The number of hydrogen-bond donors (Lipinski definition) is 2. The van der Waals surface area contributed by atoms with Gasteiger partial charge < -0.3 is 9.63 Å². The zero-order valence-electron chi connectivity index (χ0n) is 6.56. The molecule has 1 aromatic carbocycles. The fraction of sp³-hybridized carbons (Fsp3) is 0. The van der Waals surface area contributed by atoms with Gasteiger partial charge in [0.1, 0.15) is 11.3 Å². The lowest BCUT2D eigenvalue weighted by Gasteiger charge is -2.03. The third-order valence-corrected chi connectivity index (χ3v) is 1.95. The van der Waals surface area contributed by atoms with E-state index in [0.717, 1.165) is 0 Å². The molecule has 0 heterocycles. The molecule has 0 fully saturated rings. The zero-order valence-corrected chi connectivity index (χ0v) is 8.38. The standard InChI is InChI=1S/C7H8NO3PS/c8-12(13)11-7(10)5-3-1-2-4-6(5)9/h1-4,9,12H,(H2,8,13). The Bertz CT molecular complexity index is 355. The van der Waals surface area contributed by atoms with E-state index < -0.39 is 13.0 Å². The molecule has 6 heteroatoms. The first-order valence-electron chi connectivity index (χ1n) is 3.41. The predicted octanol–water partition coefficient (Wildman–Crippen LogP) is 1.01. The van der Waals surface area contributed by atoms with Crippen LogP contribution in [0.1, 0.15) is 10.4 Å². The summed E-state index contributed by atoms with van der Waals surface area (Å²) >= 11 is 4.55. The maximum Gasteiger partial charge on any atom is 0.346 e. The fourth-order valence-corrected chi connectivity index (χ4v) is 1.31. The van der Waals surface area contributed by atoms with E-state index >= 15 is 0 Å². The summed E-state index contributed by atoms with van der Waals surface area (Å²) in [5.41, 5.74) is 5.26. The monoisotopic (exact) mass is 217 g/mol. The Morgan fingerprint density at radius 1 is 1.54 bits per heavy atom. The molecule has 1 rings (SSSR count). The van der Waals surface area contributed by atoms with Crippen LogP contribution in [0.2, 0.25) is 0 Å². The summed E-state index contributed by atoms with van der Waals surface area (Å²) in [5.74, 6) is -0.810. The highest BCUT2D eigenvalue weighted by Gasteiger charge is 2.11. The molecule has 1 atom stereocenters. The smallest absolute Gasteiger partial charge is 0.346 e. The number of rotatable bonds is 2. The average Bonchev–Trinajstić information content (AvgIpc) is 2.03. The first-order chi connectivity index (χ1) is 6.11. The summed E-state index contributed by atoms with van der Waals surface area (Å²) in [6.07, 6.45) is 0. The molecule has 0 aromatic heterocycles. The number of aromatic hydroxyl groups is 1. The van der Waals surface area contributed by atoms with Crippen molar-refractivity contribution in [1.82, 2.24) is 0 Å². The van der Waals surface area contributed by atoms with Crippen LogP contribution in [0.15, 0.2) is 24.3 Å². The minimum absolute atomic E-state index is 0.0836. The second kappa shape index (κ2) is 4.37. The minimum atomic E-state index is -1.97. The number of hydrogen-bond acceptors (Lipinski definition) is 4. The molecule has 0 aliphatic carbocycles. The second-order valence-corrected chi connectivity index (χ2v) is 4.28. The Morgan fingerprint density at radius 3 is 2.69 bits per heavy atom. The molecular weight excluding hydrogens is 209 g/mol. The molecular formula is C7H8NO3PS. The summed E-state index contributed by atoms with van der Waals surface area (Å²) in [5, 5.41) is 9.23. The highest BCUT2D eigenvalue weighted by atomic mass is 32.4. The Labute approximate surface area is 80.9 Å². The number of phenols is 1. The summed E-state index contributed by atoms with van der Waals surface area (Å²) < 4.78 is 4.61. The van der Waals surface area contributed by atoms with E-state index in [1.807, 2.05) is 0 Å². The number of para-hydroxylation sites is 1. The Morgan fingerprint density at radius 2 is 2.15 bits per heavy atom. The summed E-state index contributed by atoms with van der Waals surface area (Å²) in [6, 6.07) is 6.05. The van der Waals surface area contributed by atoms with E-state index in [1.165, 1.54) is 12.1 Å².